The Hall–Kier alpha value is -1.35. The van der Waals surface area contributed by atoms with Crippen LogP contribution < -0.4 is 10.6 Å². The zero-order valence-electron chi connectivity index (χ0n) is 11.6. The fourth-order valence-electron chi connectivity index (χ4n) is 2.04. The Morgan fingerprint density at radius 2 is 1.89 bits per heavy atom. The van der Waals surface area contributed by atoms with E-state index >= 15 is 0 Å². The quantitative estimate of drug-likeness (QED) is 0.841. The Morgan fingerprint density at radius 3 is 2.33 bits per heavy atom. The van der Waals surface area contributed by atoms with Crippen LogP contribution in [-0.2, 0) is 4.79 Å². The Labute approximate surface area is 110 Å². The maximum absolute atomic E-state index is 12.3. The predicted molar refractivity (Wildman–Crippen MR) is 76.5 cm³/mol. The van der Waals surface area contributed by atoms with Gasteiger partial charge in [0, 0.05) is 18.7 Å². The molecule has 100 valence electrons. The highest BCUT2D eigenvalue weighted by atomic mass is 16.2. The number of nitrogens with zero attached hydrogens (tertiary/aromatic N) is 1. The molecule has 0 bridgehead atoms. The van der Waals surface area contributed by atoms with Crippen molar-refractivity contribution >= 4 is 11.6 Å². The topological polar surface area (TPSA) is 46.3 Å². The van der Waals surface area contributed by atoms with Crippen LogP contribution in [0.3, 0.4) is 0 Å². The molecule has 0 aliphatic carbocycles. The lowest BCUT2D eigenvalue weighted by Crippen LogP contribution is -2.34. The number of carbonyl (C=O) groups excluding carboxylic acids is 1. The van der Waals surface area contributed by atoms with Gasteiger partial charge < -0.3 is 10.6 Å². The molecular weight excluding hydrogens is 224 g/mol. The largest absolute Gasteiger partial charge is 0.330 e. The van der Waals surface area contributed by atoms with E-state index in [-0.39, 0.29) is 11.8 Å². The first kappa shape index (κ1) is 14.7. The van der Waals surface area contributed by atoms with Crippen molar-refractivity contribution in [2.24, 2.45) is 17.6 Å². The molecule has 1 aromatic rings. The third-order valence-electron chi connectivity index (χ3n) is 3.37. The van der Waals surface area contributed by atoms with Crippen LogP contribution in [0.2, 0.25) is 0 Å². The normalized spacial score (nSPS) is 12.5. The molecule has 1 atom stereocenters. The molecule has 0 radical (unpaired) electrons. The van der Waals surface area contributed by atoms with Gasteiger partial charge in [0.05, 0.1) is 0 Å². The first-order valence-electron chi connectivity index (χ1n) is 6.65. The molecule has 3 nitrogen and oxygen atoms in total. The zero-order valence-corrected chi connectivity index (χ0v) is 11.6. The Morgan fingerprint density at radius 1 is 1.28 bits per heavy atom. The molecule has 3 heteroatoms. The highest BCUT2D eigenvalue weighted by Gasteiger charge is 2.20. The van der Waals surface area contributed by atoms with Gasteiger partial charge in [-0.25, -0.2) is 0 Å². The molecule has 18 heavy (non-hydrogen) atoms. The second-order valence-corrected chi connectivity index (χ2v) is 4.92. The Balaban J connectivity index is 2.74. The van der Waals surface area contributed by atoms with Crippen LogP contribution >= 0.6 is 0 Å². The monoisotopic (exact) mass is 248 g/mol. The second kappa shape index (κ2) is 7.17. The van der Waals surface area contributed by atoms with Crippen molar-refractivity contribution in [3.63, 3.8) is 0 Å². The first-order chi connectivity index (χ1) is 8.60. The van der Waals surface area contributed by atoms with Crippen molar-refractivity contribution in [3.8, 4) is 0 Å². The summed E-state index contributed by atoms with van der Waals surface area (Å²) in [6.45, 7) is 7.49. The van der Waals surface area contributed by atoms with E-state index < -0.39 is 0 Å². The van der Waals surface area contributed by atoms with Gasteiger partial charge in [-0.05, 0) is 37.4 Å². The minimum Gasteiger partial charge on any atom is -0.330 e. The van der Waals surface area contributed by atoms with E-state index in [2.05, 4.69) is 13.8 Å². The van der Waals surface area contributed by atoms with Crippen LogP contribution in [0.15, 0.2) is 30.3 Å². The summed E-state index contributed by atoms with van der Waals surface area (Å²) in [7, 11) is 0. The van der Waals surface area contributed by atoms with Crippen LogP contribution in [0.1, 0.15) is 27.2 Å². The summed E-state index contributed by atoms with van der Waals surface area (Å²) in [5.41, 5.74) is 6.69. The SMILES string of the molecule is CCN(C(=O)CC(CN)C(C)C)c1ccccc1. The maximum atomic E-state index is 12.3. The van der Waals surface area contributed by atoms with Crippen LogP contribution in [-0.4, -0.2) is 19.0 Å². The summed E-state index contributed by atoms with van der Waals surface area (Å²) in [5.74, 6) is 0.858. The van der Waals surface area contributed by atoms with Gasteiger partial charge in [0.2, 0.25) is 5.91 Å². The van der Waals surface area contributed by atoms with Crippen molar-refractivity contribution in [3.05, 3.63) is 30.3 Å². The molecule has 0 fully saturated rings. The van der Waals surface area contributed by atoms with Crippen molar-refractivity contribution < 1.29 is 4.79 Å². The van der Waals surface area contributed by atoms with Crippen molar-refractivity contribution in [2.75, 3.05) is 18.0 Å². The van der Waals surface area contributed by atoms with Crippen molar-refractivity contribution in [2.45, 2.75) is 27.2 Å². The number of rotatable bonds is 6. The smallest absolute Gasteiger partial charge is 0.227 e. The zero-order chi connectivity index (χ0) is 13.5. The summed E-state index contributed by atoms with van der Waals surface area (Å²) in [6, 6.07) is 9.79. The van der Waals surface area contributed by atoms with Gasteiger partial charge in [-0.3, -0.25) is 4.79 Å². The predicted octanol–water partition coefficient (Wildman–Crippen LogP) is 2.66. The summed E-state index contributed by atoms with van der Waals surface area (Å²) in [6.07, 6.45) is 0.525. The highest BCUT2D eigenvalue weighted by molar-refractivity contribution is 5.93. The highest BCUT2D eigenvalue weighted by Crippen LogP contribution is 2.19. The summed E-state index contributed by atoms with van der Waals surface area (Å²) < 4.78 is 0. The van der Waals surface area contributed by atoms with E-state index in [1.165, 1.54) is 0 Å². The molecule has 0 aliphatic heterocycles. The van der Waals surface area contributed by atoms with Gasteiger partial charge in [-0.2, -0.15) is 0 Å². The fraction of sp³-hybridized carbons (Fsp3) is 0.533. The molecule has 0 saturated heterocycles. The molecule has 0 heterocycles. The minimum absolute atomic E-state index is 0.160. The Bertz CT molecular complexity index is 362. The standard InChI is InChI=1S/C15H24N2O/c1-4-17(14-8-6-5-7-9-14)15(18)10-13(11-16)12(2)3/h5-9,12-13H,4,10-11,16H2,1-3H3. The van der Waals surface area contributed by atoms with Crippen molar-refractivity contribution in [1.82, 2.24) is 0 Å². The lowest BCUT2D eigenvalue weighted by Gasteiger charge is -2.25. The number of para-hydroxylation sites is 1. The number of anilines is 1. The third-order valence-corrected chi connectivity index (χ3v) is 3.37. The second-order valence-electron chi connectivity index (χ2n) is 4.92. The summed E-state index contributed by atoms with van der Waals surface area (Å²) >= 11 is 0. The van der Waals surface area contributed by atoms with E-state index in [4.69, 9.17) is 5.73 Å². The van der Waals surface area contributed by atoms with Crippen LogP contribution in [0.4, 0.5) is 5.69 Å². The van der Waals surface area contributed by atoms with E-state index in [1.807, 2.05) is 42.2 Å². The molecule has 1 rings (SSSR count). The maximum Gasteiger partial charge on any atom is 0.227 e. The molecule has 1 unspecified atom stereocenters. The summed E-state index contributed by atoms with van der Waals surface area (Å²) in [4.78, 5) is 14.1. The van der Waals surface area contributed by atoms with Crippen LogP contribution in [0.5, 0.6) is 0 Å². The number of hydrogen-bond acceptors (Lipinski definition) is 2. The molecule has 0 aromatic heterocycles. The van der Waals surface area contributed by atoms with E-state index in [0.717, 1.165) is 5.69 Å². The van der Waals surface area contributed by atoms with Gasteiger partial charge in [0.15, 0.2) is 0 Å². The molecular formula is C15H24N2O. The minimum atomic E-state index is 0.160. The van der Waals surface area contributed by atoms with E-state index in [0.29, 0.717) is 25.4 Å². The van der Waals surface area contributed by atoms with Crippen molar-refractivity contribution in [1.29, 1.82) is 0 Å². The molecule has 1 aromatic carbocycles. The first-order valence-corrected chi connectivity index (χ1v) is 6.65. The number of carbonyl (C=O) groups is 1. The average Bonchev–Trinajstić information content (AvgIpc) is 2.37. The van der Waals surface area contributed by atoms with Crippen LogP contribution in [0, 0.1) is 11.8 Å². The summed E-state index contributed by atoms with van der Waals surface area (Å²) in [5, 5.41) is 0. The lowest BCUT2D eigenvalue weighted by atomic mass is 9.92. The number of benzene rings is 1. The molecule has 0 spiro atoms. The lowest BCUT2D eigenvalue weighted by molar-refractivity contribution is -0.119. The molecule has 2 N–H and O–H groups in total. The number of amides is 1. The van der Waals surface area contributed by atoms with E-state index in [9.17, 15) is 4.79 Å². The average molecular weight is 248 g/mol. The third kappa shape index (κ3) is 3.84. The Kier molecular flexibility index (Phi) is 5.86. The number of hydrogen-bond donors (Lipinski definition) is 1. The molecule has 0 aliphatic rings. The van der Waals surface area contributed by atoms with Gasteiger partial charge in [0.25, 0.3) is 0 Å². The van der Waals surface area contributed by atoms with Gasteiger partial charge in [-0.1, -0.05) is 32.0 Å². The van der Waals surface area contributed by atoms with Crippen LogP contribution in [0.25, 0.3) is 0 Å². The van der Waals surface area contributed by atoms with Gasteiger partial charge in [-0.15, -0.1) is 0 Å². The fourth-order valence-corrected chi connectivity index (χ4v) is 2.04. The van der Waals surface area contributed by atoms with Gasteiger partial charge >= 0.3 is 0 Å². The molecule has 0 saturated carbocycles. The molecule has 1 amide bonds. The van der Waals surface area contributed by atoms with E-state index in [1.54, 1.807) is 0 Å². The number of nitrogens with two attached hydrogens (primary N) is 1. The van der Waals surface area contributed by atoms with Gasteiger partial charge in [0.1, 0.15) is 0 Å².